The van der Waals surface area contributed by atoms with E-state index >= 15 is 0 Å². The van der Waals surface area contributed by atoms with Gasteiger partial charge in [-0.3, -0.25) is 14.9 Å². The second kappa shape index (κ2) is 7.50. The van der Waals surface area contributed by atoms with Gasteiger partial charge in [-0.15, -0.1) is 11.3 Å². The maximum Gasteiger partial charge on any atom is 0.348 e. The van der Waals surface area contributed by atoms with Gasteiger partial charge in [0.25, 0.3) is 11.6 Å². The summed E-state index contributed by atoms with van der Waals surface area (Å²) in [5, 5.41) is 14.0. The molecule has 27 heavy (non-hydrogen) atoms. The molecule has 1 heterocycles. The molecule has 2 aromatic carbocycles. The van der Waals surface area contributed by atoms with Gasteiger partial charge < -0.3 is 10.1 Å². The number of carbonyl (C=O) groups is 2. The monoisotopic (exact) mass is 388 g/mol. The van der Waals surface area contributed by atoms with Crippen molar-refractivity contribution < 1.29 is 23.6 Å². The van der Waals surface area contributed by atoms with Gasteiger partial charge in [-0.2, -0.15) is 0 Å². The molecule has 0 saturated heterocycles. The molecule has 0 bridgehead atoms. The summed E-state index contributed by atoms with van der Waals surface area (Å²) in [7, 11) is 0. The van der Waals surface area contributed by atoms with Crippen molar-refractivity contribution in [2.24, 2.45) is 0 Å². The van der Waals surface area contributed by atoms with Crippen molar-refractivity contribution in [3.8, 4) is 0 Å². The molecule has 138 valence electrons. The SMILES string of the molecule is Cc1cccc([N+](=O)[O-])c1NC(=O)COC(=O)c1cc2cc(F)ccc2s1. The van der Waals surface area contributed by atoms with E-state index in [4.69, 9.17) is 4.74 Å². The highest BCUT2D eigenvalue weighted by molar-refractivity contribution is 7.20. The summed E-state index contributed by atoms with van der Waals surface area (Å²) < 4.78 is 18.9. The van der Waals surface area contributed by atoms with Crippen LogP contribution in [-0.2, 0) is 9.53 Å². The smallest absolute Gasteiger partial charge is 0.348 e. The molecular weight excluding hydrogens is 375 g/mol. The minimum atomic E-state index is -0.731. The largest absolute Gasteiger partial charge is 0.451 e. The first-order valence-corrected chi connectivity index (χ1v) is 8.57. The first kappa shape index (κ1) is 18.5. The average Bonchev–Trinajstić information content (AvgIpc) is 3.04. The highest BCUT2D eigenvalue weighted by Gasteiger charge is 2.19. The number of nitrogens with zero attached hydrogens (tertiary/aromatic N) is 1. The number of carbonyl (C=O) groups excluding carboxylic acids is 2. The van der Waals surface area contributed by atoms with E-state index in [1.54, 1.807) is 19.1 Å². The lowest BCUT2D eigenvalue weighted by atomic mass is 10.1. The van der Waals surface area contributed by atoms with Crippen LogP contribution in [0.3, 0.4) is 0 Å². The molecule has 0 aliphatic carbocycles. The number of fused-ring (bicyclic) bond motifs is 1. The maximum atomic E-state index is 13.2. The van der Waals surface area contributed by atoms with E-state index in [1.807, 2.05) is 0 Å². The van der Waals surface area contributed by atoms with E-state index < -0.39 is 29.2 Å². The molecule has 3 rings (SSSR count). The number of hydrogen-bond acceptors (Lipinski definition) is 6. The Morgan fingerprint density at radius 3 is 2.78 bits per heavy atom. The predicted molar refractivity (Wildman–Crippen MR) is 98.5 cm³/mol. The molecule has 1 N–H and O–H groups in total. The minimum Gasteiger partial charge on any atom is -0.451 e. The summed E-state index contributed by atoms with van der Waals surface area (Å²) in [6, 6.07) is 10.0. The quantitative estimate of drug-likeness (QED) is 0.404. The second-order valence-electron chi connectivity index (χ2n) is 5.64. The number of nitro benzene ring substituents is 1. The fourth-order valence-corrected chi connectivity index (χ4v) is 3.40. The number of thiophene rings is 1. The Kier molecular flexibility index (Phi) is 5.13. The van der Waals surface area contributed by atoms with E-state index in [1.165, 1.54) is 30.3 Å². The Labute approximate surface area is 156 Å². The number of esters is 1. The topological polar surface area (TPSA) is 98.5 Å². The number of ether oxygens (including phenoxy) is 1. The number of benzene rings is 2. The van der Waals surface area contributed by atoms with Crippen LogP contribution in [0.25, 0.3) is 10.1 Å². The fourth-order valence-electron chi connectivity index (χ4n) is 2.46. The molecule has 0 aliphatic heterocycles. The molecule has 0 aliphatic rings. The van der Waals surface area contributed by atoms with Gasteiger partial charge in [-0.05, 0) is 42.1 Å². The zero-order valence-corrected chi connectivity index (χ0v) is 14.8. The molecule has 0 unspecified atom stereocenters. The molecule has 9 heteroatoms. The first-order valence-electron chi connectivity index (χ1n) is 7.75. The Morgan fingerprint density at radius 1 is 1.26 bits per heavy atom. The van der Waals surface area contributed by atoms with Gasteiger partial charge in [0.1, 0.15) is 16.4 Å². The van der Waals surface area contributed by atoms with Gasteiger partial charge >= 0.3 is 5.97 Å². The van der Waals surface area contributed by atoms with E-state index in [-0.39, 0.29) is 16.3 Å². The van der Waals surface area contributed by atoms with Crippen LogP contribution in [0, 0.1) is 22.9 Å². The van der Waals surface area contributed by atoms with Gasteiger partial charge in [0.15, 0.2) is 6.61 Å². The molecular formula is C18H13FN2O5S. The van der Waals surface area contributed by atoms with Crippen molar-refractivity contribution >= 4 is 44.7 Å². The summed E-state index contributed by atoms with van der Waals surface area (Å²) in [4.78, 5) is 34.8. The Bertz CT molecular complexity index is 1060. The lowest BCUT2D eigenvalue weighted by Crippen LogP contribution is -2.21. The van der Waals surface area contributed by atoms with Crippen LogP contribution >= 0.6 is 11.3 Å². The molecule has 3 aromatic rings. The second-order valence-corrected chi connectivity index (χ2v) is 6.73. The number of para-hydroxylation sites is 1. The number of hydrogen-bond donors (Lipinski definition) is 1. The third-order valence-electron chi connectivity index (χ3n) is 3.73. The van der Waals surface area contributed by atoms with E-state index in [2.05, 4.69) is 5.32 Å². The number of amides is 1. The molecule has 7 nitrogen and oxygen atoms in total. The summed E-state index contributed by atoms with van der Waals surface area (Å²) in [6.45, 7) is 1.01. The van der Waals surface area contributed by atoms with Gasteiger partial charge in [0, 0.05) is 10.8 Å². The van der Waals surface area contributed by atoms with Crippen LogP contribution in [0.1, 0.15) is 15.2 Å². The number of nitro groups is 1. The minimum absolute atomic E-state index is 0.0564. The highest BCUT2D eigenvalue weighted by Crippen LogP contribution is 2.28. The number of rotatable bonds is 5. The van der Waals surface area contributed by atoms with Gasteiger partial charge in [0.05, 0.1) is 4.92 Å². The van der Waals surface area contributed by atoms with E-state index in [9.17, 15) is 24.1 Å². The number of aryl methyl sites for hydroxylation is 1. The van der Waals surface area contributed by atoms with Gasteiger partial charge in [0.2, 0.25) is 0 Å². The van der Waals surface area contributed by atoms with Crippen molar-refractivity contribution in [1.29, 1.82) is 0 Å². The molecule has 0 saturated carbocycles. The predicted octanol–water partition coefficient (Wildman–Crippen LogP) is 4.05. The maximum absolute atomic E-state index is 13.2. The standard InChI is InChI=1S/C18H13FN2O5S/c1-10-3-2-4-13(21(24)25)17(10)20-16(22)9-26-18(23)15-8-11-7-12(19)5-6-14(11)27-15/h2-8H,9H2,1H3,(H,20,22). The summed E-state index contributed by atoms with van der Waals surface area (Å²) in [6.07, 6.45) is 0. The third-order valence-corrected chi connectivity index (χ3v) is 4.82. The molecule has 0 fully saturated rings. The number of nitrogens with one attached hydrogen (secondary N) is 1. The average molecular weight is 388 g/mol. The molecule has 0 radical (unpaired) electrons. The molecule has 0 spiro atoms. The number of halogens is 1. The van der Waals surface area contributed by atoms with Crippen LogP contribution in [0.2, 0.25) is 0 Å². The van der Waals surface area contributed by atoms with Crippen molar-refractivity contribution in [3.05, 3.63) is 68.8 Å². The summed E-state index contributed by atoms with van der Waals surface area (Å²) in [5.74, 6) is -1.85. The van der Waals surface area contributed by atoms with Gasteiger partial charge in [-0.1, -0.05) is 12.1 Å². The third kappa shape index (κ3) is 4.09. The Morgan fingerprint density at radius 2 is 2.04 bits per heavy atom. The van der Waals surface area contributed by atoms with Crippen LogP contribution in [0.5, 0.6) is 0 Å². The zero-order valence-electron chi connectivity index (χ0n) is 14.0. The lowest BCUT2D eigenvalue weighted by Gasteiger charge is -2.09. The van der Waals surface area contributed by atoms with Crippen molar-refractivity contribution in [2.45, 2.75) is 6.92 Å². The normalized spacial score (nSPS) is 10.6. The molecule has 0 atom stereocenters. The van der Waals surface area contributed by atoms with E-state index in [0.717, 1.165) is 11.3 Å². The number of anilines is 1. The summed E-state index contributed by atoms with van der Waals surface area (Å²) in [5.41, 5.74) is 0.317. The highest BCUT2D eigenvalue weighted by atomic mass is 32.1. The summed E-state index contributed by atoms with van der Waals surface area (Å²) >= 11 is 1.12. The lowest BCUT2D eigenvalue weighted by molar-refractivity contribution is -0.384. The van der Waals surface area contributed by atoms with Crippen molar-refractivity contribution in [3.63, 3.8) is 0 Å². The molecule has 1 aromatic heterocycles. The van der Waals surface area contributed by atoms with Crippen LogP contribution in [0.4, 0.5) is 15.8 Å². The Hall–Kier alpha value is -3.33. The zero-order chi connectivity index (χ0) is 19.6. The van der Waals surface area contributed by atoms with Crippen LogP contribution in [0.15, 0.2) is 42.5 Å². The van der Waals surface area contributed by atoms with Gasteiger partial charge in [-0.25, -0.2) is 9.18 Å². The van der Waals surface area contributed by atoms with E-state index in [0.29, 0.717) is 15.6 Å². The van der Waals surface area contributed by atoms with Crippen LogP contribution < -0.4 is 5.32 Å². The molecule has 1 amide bonds. The van der Waals surface area contributed by atoms with Crippen LogP contribution in [-0.4, -0.2) is 23.4 Å². The van der Waals surface area contributed by atoms with Crippen molar-refractivity contribution in [2.75, 3.05) is 11.9 Å². The fraction of sp³-hybridized carbons (Fsp3) is 0.111. The first-order chi connectivity index (χ1) is 12.8. The Balaban J connectivity index is 1.67. The van der Waals surface area contributed by atoms with Crippen molar-refractivity contribution in [1.82, 2.24) is 0 Å².